The smallest absolute Gasteiger partial charge is 1.00 e. The Balaban J connectivity index is -0.00000131. The molecular weight excluding hydrogens is 404 g/mol. The van der Waals surface area contributed by atoms with Crippen LogP contribution in [0.5, 0.6) is 0 Å². The van der Waals surface area contributed by atoms with Gasteiger partial charge in [0.05, 0.1) is 0 Å². The fraction of sp³-hybridized carbons (Fsp3) is 0.920. The van der Waals surface area contributed by atoms with Gasteiger partial charge in [-0.05, 0) is 12.3 Å². The number of aliphatic carboxylic acids is 2. The largest absolute Gasteiger partial charge is 2.00 e. The molecule has 0 aromatic heterocycles. The number of rotatable bonds is 22. The van der Waals surface area contributed by atoms with E-state index in [9.17, 15) is 19.8 Å². The van der Waals surface area contributed by atoms with E-state index in [2.05, 4.69) is 13.8 Å². The minimum absolute atomic E-state index is 0. The SMILES string of the molecule is CCCCCCCCCCC(CCCCCCCCCC)CC(C(=O)O)C(=O)O.[Ca+2].[H-].[H-]. The van der Waals surface area contributed by atoms with Crippen LogP contribution in [-0.2, 0) is 9.59 Å². The molecule has 0 rings (SSSR count). The summed E-state index contributed by atoms with van der Waals surface area (Å²) in [6, 6.07) is 0. The molecule has 0 aromatic rings. The van der Waals surface area contributed by atoms with Crippen molar-refractivity contribution in [2.75, 3.05) is 0 Å². The van der Waals surface area contributed by atoms with Gasteiger partial charge in [0.2, 0.25) is 0 Å². The monoisotopic (exact) mass is 454 g/mol. The van der Waals surface area contributed by atoms with Gasteiger partial charge in [0.1, 0.15) is 0 Å². The quantitative estimate of drug-likeness (QED) is 0.0999. The van der Waals surface area contributed by atoms with E-state index in [1.165, 1.54) is 89.9 Å². The van der Waals surface area contributed by atoms with Crippen LogP contribution in [0.2, 0.25) is 0 Å². The van der Waals surface area contributed by atoms with Gasteiger partial charge in [-0.1, -0.05) is 129 Å². The Kier molecular flexibility index (Phi) is 25.7. The molecule has 0 saturated carbocycles. The van der Waals surface area contributed by atoms with E-state index in [1.54, 1.807) is 0 Å². The summed E-state index contributed by atoms with van der Waals surface area (Å²) in [6.45, 7) is 4.46. The van der Waals surface area contributed by atoms with E-state index in [-0.39, 0.29) is 52.9 Å². The molecule has 4 nitrogen and oxygen atoms in total. The molecule has 0 radical (unpaired) electrons. The molecule has 0 unspecified atom stereocenters. The fourth-order valence-electron chi connectivity index (χ4n) is 4.15. The van der Waals surface area contributed by atoms with Gasteiger partial charge < -0.3 is 13.1 Å². The van der Waals surface area contributed by atoms with Crippen molar-refractivity contribution in [2.45, 2.75) is 136 Å². The Bertz CT molecular complexity index is 377. The van der Waals surface area contributed by atoms with Gasteiger partial charge >= 0.3 is 49.7 Å². The van der Waals surface area contributed by atoms with Crippen LogP contribution >= 0.6 is 0 Å². The molecule has 0 aliphatic rings. The Morgan fingerprint density at radius 1 is 0.600 bits per heavy atom. The molecule has 0 atom stereocenters. The topological polar surface area (TPSA) is 74.6 Å². The minimum atomic E-state index is -1.25. The first kappa shape index (κ1) is 32.4. The number of carboxylic acid groups (broad SMARTS) is 2. The maximum Gasteiger partial charge on any atom is 2.00 e. The van der Waals surface area contributed by atoms with Gasteiger partial charge in [0.15, 0.2) is 5.92 Å². The Hall–Kier alpha value is 0.200. The van der Waals surface area contributed by atoms with E-state index in [0.717, 1.165) is 25.7 Å². The Morgan fingerprint density at radius 3 is 1.20 bits per heavy atom. The zero-order valence-electron chi connectivity index (χ0n) is 22.0. The summed E-state index contributed by atoms with van der Waals surface area (Å²) in [4.78, 5) is 22.6. The summed E-state index contributed by atoms with van der Waals surface area (Å²) >= 11 is 0. The Morgan fingerprint density at radius 2 is 0.900 bits per heavy atom. The molecule has 5 heteroatoms. The average Bonchev–Trinajstić information content (AvgIpc) is 2.68. The third kappa shape index (κ3) is 20.1. The van der Waals surface area contributed by atoms with E-state index in [4.69, 9.17) is 0 Å². The van der Waals surface area contributed by atoms with Crippen molar-refractivity contribution >= 4 is 49.7 Å². The van der Waals surface area contributed by atoms with Crippen LogP contribution in [0.4, 0.5) is 0 Å². The predicted octanol–water partition coefficient (Wildman–Crippen LogP) is 7.68. The number of hydrogen-bond acceptors (Lipinski definition) is 2. The minimum Gasteiger partial charge on any atom is -1.00 e. The van der Waals surface area contributed by atoms with Crippen LogP contribution in [0.1, 0.15) is 139 Å². The fourth-order valence-corrected chi connectivity index (χ4v) is 4.15. The molecule has 2 N–H and O–H groups in total. The van der Waals surface area contributed by atoms with Gasteiger partial charge in [-0.2, -0.15) is 0 Å². The van der Waals surface area contributed by atoms with Gasteiger partial charge in [0.25, 0.3) is 0 Å². The van der Waals surface area contributed by atoms with E-state index < -0.39 is 17.9 Å². The van der Waals surface area contributed by atoms with Crippen LogP contribution in [0.15, 0.2) is 0 Å². The molecule has 0 heterocycles. The van der Waals surface area contributed by atoms with Gasteiger partial charge in [-0.15, -0.1) is 0 Å². The first-order valence-electron chi connectivity index (χ1n) is 12.5. The molecule has 0 fully saturated rings. The van der Waals surface area contributed by atoms with Crippen molar-refractivity contribution in [1.29, 1.82) is 0 Å². The zero-order chi connectivity index (χ0) is 21.7. The summed E-state index contributed by atoms with van der Waals surface area (Å²) in [5, 5.41) is 18.5. The van der Waals surface area contributed by atoms with E-state index in [0.29, 0.717) is 0 Å². The van der Waals surface area contributed by atoms with E-state index >= 15 is 0 Å². The molecule has 0 aromatic carbocycles. The molecule has 0 aliphatic heterocycles. The Labute approximate surface area is 218 Å². The van der Waals surface area contributed by atoms with Crippen LogP contribution < -0.4 is 0 Å². The maximum absolute atomic E-state index is 11.3. The molecule has 0 bridgehead atoms. The van der Waals surface area contributed by atoms with Crippen molar-refractivity contribution in [3.8, 4) is 0 Å². The molecule has 0 amide bonds. The second-order valence-corrected chi connectivity index (χ2v) is 8.86. The predicted molar refractivity (Wildman–Crippen MR) is 129 cm³/mol. The van der Waals surface area contributed by atoms with Crippen molar-refractivity contribution in [2.24, 2.45) is 11.8 Å². The van der Waals surface area contributed by atoms with Crippen molar-refractivity contribution < 1.29 is 22.7 Å². The average molecular weight is 455 g/mol. The molecule has 0 spiro atoms. The summed E-state index contributed by atoms with van der Waals surface area (Å²) in [5.41, 5.74) is 0. The van der Waals surface area contributed by atoms with Crippen LogP contribution in [0, 0.1) is 11.8 Å². The first-order valence-corrected chi connectivity index (χ1v) is 12.5. The van der Waals surface area contributed by atoms with Gasteiger partial charge in [-0.3, -0.25) is 9.59 Å². The molecular formula is C25H50CaO4. The van der Waals surface area contributed by atoms with Crippen molar-refractivity contribution in [1.82, 2.24) is 0 Å². The van der Waals surface area contributed by atoms with Crippen LogP contribution in [-0.4, -0.2) is 59.9 Å². The summed E-state index contributed by atoms with van der Waals surface area (Å²) in [5.74, 6) is -3.39. The van der Waals surface area contributed by atoms with Gasteiger partial charge in [-0.25, -0.2) is 0 Å². The summed E-state index contributed by atoms with van der Waals surface area (Å²) in [6.07, 6.45) is 22.4. The number of hydrogen-bond donors (Lipinski definition) is 2. The van der Waals surface area contributed by atoms with Crippen LogP contribution in [0.25, 0.3) is 0 Å². The second kappa shape index (κ2) is 23.9. The zero-order valence-corrected chi connectivity index (χ0v) is 22.2. The maximum atomic E-state index is 11.3. The standard InChI is InChI=1S/C25H48O4.Ca.2H/c1-3-5-7-9-11-13-15-17-19-22(21-23(24(26)27)25(28)29)20-18-16-14-12-10-8-6-4-2;;;/h22-23H,3-21H2,1-2H3,(H,26,27)(H,28,29);;;/q;+2;2*-1. The summed E-state index contributed by atoms with van der Waals surface area (Å²) < 4.78 is 0. The summed E-state index contributed by atoms with van der Waals surface area (Å²) in [7, 11) is 0. The second-order valence-electron chi connectivity index (χ2n) is 8.86. The number of carboxylic acids is 2. The molecule has 176 valence electrons. The number of unbranched alkanes of at least 4 members (excludes halogenated alkanes) is 14. The molecule has 0 aliphatic carbocycles. The van der Waals surface area contributed by atoms with Gasteiger partial charge in [0, 0.05) is 0 Å². The molecule has 0 saturated heterocycles. The van der Waals surface area contributed by atoms with Crippen molar-refractivity contribution in [3.63, 3.8) is 0 Å². The normalized spacial score (nSPS) is 11.1. The van der Waals surface area contributed by atoms with E-state index in [1.807, 2.05) is 0 Å². The van der Waals surface area contributed by atoms with Crippen molar-refractivity contribution in [3.05, 3.63) is 0 Å². The third-order valence-electron chi connectivity index (χ3n) is 6.10. The first-order chi connectivity index (χ1) is 14.0. The molecule has 30 heavy (non-hydrogen) atoms. The van der Waals surface area contributed by atoms with Crippen LogP contribution in [0.3, 0.4) is 0 Å². The number of carbonyl (C=O) groups is 2. The third-order valence-corrected chi connectivity index (χ3v) is 6.10.